The highest BCUT2D eigenvalue weighted by Gasteiger charge is 2.35. The van der Waals surface area contributed by atoms with Gasteiger partial charge >= 0.3 is 0 Å². The van der Waals surface area contributed by atoms with E-state index in [1.54, 1.807) is 0 Å². The fourth-order valence-electron chi connectivity index (χ4n) is 1.49. The van der Waals surface area contributed by atoms with Crippen LogP contribution in [0.4, 0.5) is 4.39 Å². The Morgan fingerprint density at radius 1 is 1.67 bits per heavy atom. The van der Waals surface area contributed by atoms with Gasteiger partial charge in [0.25, 0.3) is 11.0 Å². The lowest BCUT2D eigenvalue weighted by molar-refractivity contribution is 0.189. The number of halogens is 1. The van der Waals surface area contributed by atoms with E-state index in [9.17, 15) is 12.8 Å². The lowest BCUT2D eigenvalue weighted by atomic mass is 10.1. The van der Waals surface area contributed by atoms with Gasteiger partial charge in [0.15, 0.2) is 0 Å². The second kappa shape index (κ2) is 3.70. The van der Waals surface area contributed by atoms with Crippen LogP contribution in [0.2, 0.25) is 0 Å². The first-order valence-corrected chi connectivity index (χ1v) is 4.92. The van der Waals surface area contributed by atoms with Crippen molar-refractivity contribution >= 4 is 11.0 Å². The van der Waals surface area contributed by atoms with E-state index in [0.717, 1.165) is 0 Å². The minimum Gasteiger partial charge on any atom is -0.266 e. The van der Waals surface area contributed by atoms with Gasteiger partial charge in [-0.15, -0.1) is 0 Å². The van der Waals surface area contributed by atoms with Crippen LogP contribution in [0.5, 0.6) is 0 Å². The monoisotopic (exact) mass is 195 g/mol. The fourth-order valence-corrected chi connectivity index (χ4v) is 1.76. The molecular weight excluding hydrogens is 183 g/mol. The van der Waals surface area contributed by atoms with Crippen LogP contribution in [-0.4, -0.2) is 14.1 Å². The van der Waals surface area contributed by atoms with Crippen LogP contribution in [0, 0.1) is 12.5 Å². The first-order chi connectivity index (χ1) is 5.49. The van der Waals surface area contributed by atoms with Crippen LogP contribution >= 0.6 is 0 Å². The summed E-state index contributed by atoms with van der Waals surface area (Å²) >= 11 is 0. The summed E-state index contributed by atoms with van der Waals surface area (Å²) in [6.45, 7) is 2.74. The summed E-state index contributed by atoms with van der Waals surface area (Å²) in [6.07, 6.45) is 1.50. The third-order valence-electron chi connectivity index (χ3n) is 2.06. The van der Waals surface area contributed by atoms with Crippen molar-refractivity contribution in [2.75, 3.05) is 0 Å². The Morgan fingerprint density at radius 2 is 2.33 bits per heavy atom. The zero-order valence-electron chi connectivity index (χ0n) is 6.83. The molecule has 2 atom stereocenters. The third-order valence-corrected chi connectivity index (χ3v) is 2.36. The topological polar surface area (TPSA) is 43.4 Å². The van der Waals surface area contributed by atoms with Crippen molar-refractivity contribution in [2.24, 2.45) is 5.92 Å². The molecule has 0 aromatic heterocycles. The first kappa shape index (κ1) is 9.92. The zero-order chi connectivity index (χ0) is 9.19. The van der Waals surface area contributed by atoms with Crippen LogP contribution in [0.25, 0.3) is 0 Å². The summed E-state index contributed by atoms with van der Waals surface area (Å²) in [6, 6.07) is 0. The molecule has 5 heteroatoms. The average Bonchev–Trinajstić information content (AvgIpc) is 2.26. The van der Waals surface area contributed by atoms with Gasteiger partial charge in [-0.3, -0.25) is 4.18 Å². The molecule has 0 N–H and O–H groups in total. The second-order valence-corrected chi connectivity index (χ2v) is 4.04. The minimum absolute atomic E-state index is 0.0621. The van der Waals surface area contributed by atoms with E-state index < -0.39 is 16.7 Å². The fraction of sp³-hybridized carbons (Fsp3) is 0.857. The highest BCUT2D eigenvalue weighted by atomic mass is 32.2. The summed E-state index contributed by atoms with van der Waals surface area (Å²) in [7, 11) is -2.83. The van der Waals surface area contributed by atoms with Crippen molar-refractivity contribution in [1.82, 2.24) is 0 Å². The Balaban J connectivity index is 2.28. The first-order valence-electron chi connectivity index (χ1n) is 3.83. The van der Waals surface area contributed by atoms with Gasteiger partial charge in [0, 0.05) is 0 Å². The lowest BCUT2D eigenvalue weighted by Gasteiger charge is -2.11. The van der Waals surface area contributed by atoms with Crippen LogP contribution in [-0.2, 0) is 15.2 Å². The molecule has 1 aliphatic carbocycles. The van der Waals surface area contributed by atoms with Crippen LogP contribution in [0.15, 0.2) is 0 Å². The molecule has 2 unspecified atom stereocenters. The number of hydrogen-bond acceptors (Lipinski definition) is 3. The van der Waals surface area contributed by atoms with Gasteiger partial charge in [0.2, 0.25) is 0 Å². The number of hydrogen-bond donors (Lipinski definition) is 1. The Kier molecular flexibility index (Phi) is 3.06. The van der Waals surface area contributed by atoms with Crippen molar-refractivity contribution in [3.63, 3.8) is 0 Å². The van der Waals surface area contributed by atoms with Crippen molar-refractivity contribution in [3.05, 3.63) is 6.61 Å². The van der Waals surface area contributed by atoms with Gasteiger partial charge in [0.05, 0.1) is 0 Å². The molecule has 0 amide bonds. The zero-order valence-corrected chi connectivity index (χ0v) is 7.72. The normalized spacial score (nSPS) is 36.1. The summed E-state index contributed by atoms with van der Waals surface area (Å²) < 4.78 is 37.5. The molecule has 1 fully saturated rings. The molecular formula is C7H12FO3S. The van der Waals surface area contributed by atoms with E-state index in [-0.39, 0.29) is 5.92 Å². The Bertz CT molecular complexity index is 217. The predicted molar refractivity (Wildman–Crippen MR) is 42.6 cm³/mol. The van der Waals surface area contributed by atoms with Crippen molar-refractivity contribution in [2.45, 2.75) is 31.9 Å². The standard InChI is InChI=1S/C7H12FO3S/c1-7(8)3-2-6(4-7)5-11-12(9)10/h5-6,12H,2-4H2,1H3. The maximum atomic E-state index is 13.2. The predicted octanol–water partition coefficient (Wildman–Crippen LogP) is 1.22. The van der Waals surface area contributed by atoms with Gasteiger partial charge in [-0.1, -0.05) is 0 Å². The molecule has 0 spiro atoms. The van der Waals surface area contributed by atoms with Gasteiger partial charge < -0.3 is 0 Å². The summed E-state index contributed by atoms with van der Waals surface area (Å²) in [5.41, 5.74) is -1.15. The highest BCUT2D eigenvalue weighted by molar-refractivity contribution is 7.67. The molecule has 0 heterocycles. The lowest BCUT2D eigenvalue weighted by Crippen LogP contribution is -2.12. The quantitative estimate of drug-likeness (QED) is 0.688. The van der Waals surface area contributed by atoms with E-state index in [0.29, 0.717) is 19.3 Å². The summed E-state index contributed by atoms with van der Waals surface area (Å²) in [5.74, 6) is -0.0621. The van der Waals surface area contributed by atoms with E-state index in [2.05, 4.69) is 4.18 Å². The summed E-state index contributed by atoms with van der Waals surface area (Å²) in [4.78, 5) is 0. The molecule has 1 aliphatic rings. The smallest absolute Gasteiger partial charge is 0.257 e. The van der Waals surface area contributed by atoms with Gasteiger partial charge in [-0.05, 0) is 32.1 Å². The van der Waals surface area contributed by atoms with Crippen molar-refractivity contribution in [1.29, 1.82) is 0 Å². The van der Waals surface area contributed by atoms with Gasteiger partial charge in [0.1, 0.15) is 12.3 Å². The molecule has 3 nitrogen and oxygen atoms in total. The maximum Gasteiger partial charge on any atom is 0.257 e. The van der Waals surface area contributed by atoms with Crippen molar-refractivity contribution < 1.29 is 17.0 Å². The SMILES string of the molecule is CC1(F)CCC([CH]O[SH](=O)=O)C1. The van der Waals surface area contributed by atoms with Crippen LogP contribution < -0.4 is 0 Å². The molecule has 0 aromatic carbocycles. The van der Waals surface area contributed by atoms with E-state index in [1.807, 2.05) is 0 Å². The molecule has 0 bridgehead atoms. The molecule has 71 valence electrons. The molecule has 1 radical (unpaired) electrons. The van der Waals surface area contributed by atoms with Gasteiger partial charge in [-0.25, -0.2) is 12.8 Å². The number of alkyl halides is 1. The third kappa shape index (κ3) is 3.06. The second-order valence-electron chi connectivity index (χ2n) is 3.38. The Hall–Kier alpha value is -0.160. The minimum atomic E-state index is -2.83. The number of rotatable bonds is 3. The Morgan fingerprint density at radius 3 is 2.75 bits per heavy atom. The van der Waals surface area contributed by atoms with Crippen molar-refractivity contribution in [3.8, 4) is 0 Å². The molecule has 0 aliphatic heterocycles. The Labute approximate surface area is 73.1 Å². The molecule has 0 aromatic rings. The van der Waals surface area contributed by atoms with Crippen LogP contribution in [0.3, 0.4) is 0 Å². The summed E-state index contributed by atoms with van der Waals surface area (Å²) in [5, 5.41) is 0. The van der Waals surface area contributed by atoms with Gasteiger partial charge in [-0.2, -0.15) is 0 Å². The molecule has 12 heavy (non-hydrogen) atoms. The maximum absolute atomic E-state index is 13.2. The average molecular weight is 195 g/mol. The van der Waals surface area contributed by atoms with Crippen LogP contribution in [0.1, 0.15) is 26.2 Å². The van der Waals surface area contributed by atoms with E-state index in [4.69, 9.17) is 0 Å². The van der Waals surface area contributed by atoms with E-state index >= 15 is 0 Å². The largest absolute Gasteiger partial charge is 0.266 e. The number of thiol groups is 1. The molecule has 0 saturated heterocycles. The highest BCUT2D eigenvalue weighted by Crippen LogP contribution is 2.38. The molecule has 1 rings (SSSR count). The van der Waals surface area contributed by atoms with E-state index in [1.165, 1.54) is 13.5 Å². The molecule has 1 saturated carbocycles.